The summed E-state index contributed by atoms with van der Waals surface area (Å²) in [6.45, 7) is -1.29. The molecule has 0 bridgehead atoms. The number of hydrogen-bond acceptors (Lipinski definition) is 2. The number of alkyl halides is 6. The second kappa shape index (κ2) is 4.32. The van der Waals surface area contributed by atoms with Crippen LogP contribution in [0.25, 0.3) is 0 Å². The van der Waals surface area contributed by atoms with Crippen molar-refractivity contribution in [2.45, 2.75) is 24.8 Å². The molecule has 0 aromatic rings. The van der Waals surface area contributed by atoms with Gasteiger partial charge in [-0.3, -0.25) is 4.79 Å². The van der Waals surface area contributed by atoms with E-state index in [4.69, 9.17) is 5.11 Å². The Labute approximate surface area is 96.2 Å². The molecule has 2 atom stereocenters. The Morgan fingerprint density at radius 1 is 1.11 bits per heavy atom. The lowest BCUT2D eigenvalue weighted by Crippen LogP contribution is -2.47. The van der Waals surface area contributed by atoms with Gasteiger partial charge in [0.1, 0.15) is 6.04 Å². The monoisotopic (exact) mass is 279 g/mol. The van der Waals surface area contributed by atoms with Crippen molar-refractivity contribution in [3.63, 3.8) is 0 Å². The highest BCUT2D eigenvalue weighted by Crippen LogP contribution is 2.38. The van der Waals surface area contributed by atoms with E-state index in [2.05, 4.69) is 0 Å². The van der Waals surface area contributed by atoms with Crippen molar-refractivity contribution in [1.82, 2.24) is 4.90 Å². The lowest BCUT2D eigenvalue weighted by atomic mass is 10.1. The lowest BCUT2D eigenvalue weighted by Gasteiger charge is -2.22. The summed E-state index contributed by atoms with van der Waals surface area (Å²) < 4.78 is 73.2. The van der Waals surface area contributed by atoms with Crippen LogP contribution in [0.5, 0.6) is 0 Å². The number of nitrogens with zero attached hydrogens (tertiary/aromatic N) is 1. The van der Waals surface area contributed by atoms with E-state index in [-0.39, 0.29) is 4.90 Å². The molecule has 18 heavy (non-hydrogen) atoms. The fourth-order valence-corrected chi connectivity index (χ4v) is 1.69. The highest BCUT2D eigenvalue weighted by Gasteiger charge is 2.55. The molecule has 0 spiro atoms. The fourth-order valence-electron chi connectivity index (χ4n) is 1.69. The minimum absolute atomic E-state index is 0.291. The second-order valence-electron chi connectivity index (χ2n) is 3.78. The van der Waals surface area contributed by atoms with Gasteiger partial charge in [0.05, 0.1) is 5.92 Å². The molecular weight excluding hydrogens is 272 g/mol. The molecule has 1 aliphatic rings. The number of amides is 1. The van der Waals surface area contributed by atoms with Gasteiger partial charge in [-0.2, -0.15) is 26.3 Å². The number of carbonyl (C=O) groups is 2. The van der Waals surface area contributed by atoms with E-state index in [9.17, 15) is 35.9 Å². The molecule has 1 fully saturated rings. The van der Waals surface area contributed by atoms with Crippen molar-refractivity contribution >= 4 is 11.9 Å². The predicted octanol–water partition coefficient (Wildman–Crippen LogP) is 1.41. The maximum Gasteiger partial charge on any atom is 0.471 e. The molecule has 4 nitrogen and oxygen atoms in total. The van der Waals surface area contributed by atoms with Crippen LogP contribution in [0.4, 0.5) is 26.3 Å². The third-order valence-corrected chi connectivity index (χ3v) is 2.55. The van der Waals surface area contributed by atoms with Crippen LogP contribution in [0.2, 0.25) is 0 Å². The normalized spacial score (nSPS) is 25.3. The van der Waals surface area contributed by atoms with Gasteiger partial charge in [-0.05, 0) is 6.42 Å². The van der Waals surface area contributed by atoms with Gasteiger partial charge >= 0.3 is 24.2 Å². The summed E-state index contributed by atoms with van der Waals surface area (Å²) >= 11 is 0. The molecule has 104 valence electrons. The first-order valence-corrected chi connectivity index (χ1v) is 4.62. The van der Waals surface area contributed by atoms with Crippen LogP contribution in [0, 0.1) is 5.92 Å². The summed E-state index contributed by atoms with van der Waals surface area (Å²) in [5, 5.41) is 8.55. The lowest BCUT2D eigenvalue weighted by molar-refractivity contribution is -0.190. The largest absolute Gasteiger partial charge is 0.480 e. The maximum absolute atomic E-state index is 12.3. The zero-order valence-electron chi connectivity index (χ0n) is 8.55. The van der Waals surface area contributed by atoms with Gasteiger partial charge in [0.15, 0.2) is 0 Å². The molecule has 0 aromatic carbocycles. The van der Waals surface area contributed by atoms with Crippen LogP contribution >= 0.6 is 0 Å². The van der Waals surface area contributed by atoms with Gasteiger partial charge in [0.25, 0.3) is 0 Å². The molecule has 1 rings (SSSR count). The summed E-state index contributed by atoms with van der Waals surface area (Å²) in [4.78, 5) is 21.1. The summed E-state index contributed by atoms with van der Waals surface area (Å²) in [6.07, 6.45) is -11.3. The molecular formula is C8H7F6NO3. The zero-order valence-corrected chi connectivity index (χ0v) is 8.55. The first-order chi connectivity index (χ1) is 7.94. The zero-order chi connectivity index (χ0) is 14.3. The van der Waals surface area contributed by atoms with E-state index < -0.39 is 49.2 Å². The molecule has 1 saturated heterocycles. The molecule has 1 amide bonds. The Hall–Kier alpha value is -1.48. The quantitative estimate of drug-likeness (QED) is 0.738. The number of halogens is 6. The molecule has 0 aliphatic carbocycles. The summed E-state index contributed by atoms with van der Waals surface area (Å²) in [5.74, 6) is -6.72. The second-order valence-corrected chi connectivity index (χ2v) is 3.78. The highest BCUT2D eigenvalue weighted by atomic mass is 19.4. The van der Waals surface area contributed by atoms with E-state index in [1.54, 1.807) is 0 Å². The Balaban J connectivity index is 2.96. The average Bonchev–Trinajstić information content (AvgIpc) is 2.58. The van der Waals surface area contributed by atoms with Crippen molar-refractivity contribution < 1.29 is 41.0 Å². The van der Waals surface area contributed by atoms with Gasteiger partial charge in [0.2, 0.25) is 0 Å². The number of hydrogen-bond donors (Lipinski definition) is 1. The molecule has 0 unspecified atom stereocenters. The first-order valence-electron chi connectivity index (χ1n) is 4.62. The average molecular weight is 279 g/mol. The Kier molecular flexibility index (Phi) is 3.50. The molecule has 0 aromatic heterocycles. The van der Waals surface area contributed by atoms with Crippen LogP contribution in [0.3, 0.4) is 0 Å². The van der Waals surface area contributed by atoms with Crippen molar-refractivity contribution in [3.8, 4) is 0 Å². The van der Waals surface area contributed by atoms with E-state index in [0.29, 0.717) is 0 Å². The fraction of sp³-hybridized carbons (Fsp3) is 0.750. The van der Waals surface area contributed by atoms with E-state index in [1.165, 1.54) is 0 Å². The SMILES string of the molecule is O=C(O)[C@@H]1C[C@H](C(F)(F)F)CN1C(=O)C(F)(F)F. The molecule has 0 saturated carbocycles. The van der Waals surface area contributed by atoms with Crippen LogP contribution in [0.1, 0.15) is 6.42 Å². The molecule has 1 aliphatic heterocycles. The Bertz CT molecular complexity index is 363. The Morgan fingerprint density at radius 2 is 1.61 bits per heavy atom. The highest BCUT2D eigenvalue weighted by molar-refractivity contribution is 5.87. The Morgan fingerprint density at radius 3 is 1.94 bits per heavy atom. The van der Waals surface area contributed by atoms with Crippen LogP contribution in [0.15, 0.2) is 0 Å². The van der Waals surface area contributed by atoms with Crippen LogP contribution < -0.4 is 0 Å². The van der Waals surface area contributed by atoms with Gasteiger partial charge in [-0.1, -0.05) is 0 Å². The topological polar surface area (TPSA) is 57.6 Å². The minimum atomic E-state index is -5.39. The summed E-state index contributed by atoms with van der Waals surface area (Å²) in [7, 11) is 0. The summed E-state index contributed by atoms with van der Waals surface area (Å²) in [5.41, 5.74) is 0. The van der Waals surface area contributed by atoms with Crippen molar-refractivity contribution in [3.05, 3.63) is 0 Å². The van der Waals surface area contributed by atoms with Crippen molar-refractivity contribution in [2.24, 2.45) is 5.92 Å². The number of carboxylic acids is 1. The maximum atomic E-state index is 12.3. The van der Waals surface area contributed by atoms with Gasteiger partial charge in [0, 0.05) is 6.54 Å². The van der Waals surface area contributed by atoms with Gasteiger partial charge in [-0.15, -0.1) is 0 Å². The minimum Gasteiger partial charge on any atom is -0.480 e. The number of carboxylic acid groups (broad SMARTS) is 1. The first kappa shape index (κ1) is 14.6. The van der Waals surface area contributed by atoms with Crippen LogP contribution in [-0.2, 0) is 9.59 Å². The molecule has 1 heterocycles. The number of likely N-dealkylation sites (tertiary alicyclic amines) is 1. The number of carbonyl (C=O) groups excluding carboxylic acids is 1. The number of aliphatic carboxylic acids is 1. The molecule has 1 N–H and O–H groups in total. The van der Waals surface area contributed by atoms with Gasteiger partial charge in [-0.25, -0.2) is 4.79 Å². The van der Waals surface area contributed by atoms with E-state index >= 15 is 0 Å². The predicted molar refractivity (Wildman–Crippen MR) is 43.4 cm³/mol. The van der Waals surface area contributed by atoms with Gasteiger partial charge < -0.3 is 10.0 Å². The van der Waals surface area contributed by atoms with E-state index in [1.807, 2.05) is 0 Å². The molecule has 10 heteroatoms. The van der Waals surface area contributed by atoms with Crippen molar-refractivity contribution in [2.75, 3.05) is 6.54 Å². The smallest absolute Gasteiger partial charge is 0.471 e. The van der Waals surface area contributed by atoms with Crippen molar-refractivity contribution in [1.29, 1.82) is 0 Å². The third kappa shape index (κ3) is 2.85. The van der Waals surface area contributed by atoms with Crippen LogP contribution in [-0.4, -0.2) is 46.8 Å². The summed E-state index contributed by atoms with van der Waals surface area (Å²) in [6, 6.07) is -2.11. The number of rotatable bonds is 1. The third-order valence-electron chi connectivity index (χ3n) is 2.55. The standard InChI is InChI=1S/C8H7F6NO3/c9-7(10,11)3-1-4(5(16)17)15(2-3)6(18)8(12,13)14/h3-4H,1-2H2,(H,16,17)/t3-,4-/m0/s1. The van der Waals surface area contributed by atoms with E-state index in [0.717, 1.165) is 0 Å². The molecule has 0 radical (unpaired) electrons.